The Labute approximate surface area is 173 Å². The molecule has 0 saturated heterocycles. The summed E-state index contributed by atoms with van der Waals surface area (Å²) >= 11 is 1.29. The van der Waals surface area contributed by atoms with Crippen molar-refractivity contribution in [1.29, 1.82) is 0 Å². The van der Waals surface area contributed by atoms with E-state index in [9.17, 15) is 9.59 Å². The molecule has 1 unspecified atom stereocenters. The van der Waals surface area contributed by atoms with Gasteiger partial charge in [-0.15, -0.1) is 6.58 Å². The molecule has 29 heavy (non-hydrogen) atoms. The van der Waals surface area contributed by atoms with E-state index in [0.29, 0.717) is 22.6 Å². The van der Waals surface area contributed by atoms with Crippen LogP contribution in [0.1, 0.15) is 30.0 Å². The van der Waals surface area contributed by atoms with Crippen molar-refractivity contribution in [3.05, 3.63) is 82.7 Å². The van der Waals surface area contributed by atoms with Gasteiger partial charge in [0.15, 0.2) is 5.16 Å². The number of amides is 1. The molecule has 0 radical (unpaired) electrons. The van der Waals surface area contributed by atoms with E-state index in [1.165, 1.54) is 22.9 Å². The molecule has 1 atom stereocenters. The average Bonchev–Trinajstić information content (AvgIpc) is 2.75. The summed E-state index contributed by atoms with van der Waals surface area (Å²) < 4.78 is 1.57. The van der Waals surface area contributed by atoms with E-state index < -0.39 is 0 Å². The molecule has 3 aromatic rings. The Balaban J connectivity index is 1.51. The molecule has 6 heteroatoms. The number of fused-ring (bicyclic) bond motifs is 2. The lowest BCUT2D eigenvalue weighted by atomic mass is 9.88. The number of para-hydroxylation sites is 1. The van der Waals surface area contributed by atoms with E-state index in [1.54, 1.807) is 16.7 Å². The molecule has 0 aliphatic heterocycles. The lowest BCUT2D eigenvalue weighted by molar-refractivity contribution is -0.119. The fourth-order valence-electron chi connectivity index (χ4n) is 3.82. The molecule has 1 heterocycles. The number of benzene rings is 2. The van der Waals surface area contributed by atoms with Crippen molar-refractivity contribution in [1.82, 2.24) is 14.9 Å². The molecule has 148 valence electrons. The second-order valence-electron chi connectivity index (χ2n) is 7.12. The van der Waals surface area contributed by atoms with Crippen LogP contribution in [0.25, 0.3) is 10.9 Å². The Kier molecular flexibility index (Phi) is 5.81. The van der Waals surface area contributed by atoms with E-state index in [0.717, 1.165) is 19.3 Å². The monoisotopic (exact) mass is 405 g/mol. The molecule has 0 bridgehead atoms. The number of carbonyl (C=O) groups excluding carboxylic acids is 1. The number of nitrogens with one attached hydrogen (secondary N) is 1. The lowest BCUT2D eigenvalue weighted by Gasteiger charge is -2.26. The largest absolute Gasteiger partial charge is 0.349 e. The van der Waals surface area contributed by atoms with Crippen LogP contribution >= 0.6 is 11.8 Å². The lowest BCUT2D eigenvalue weighted by Crippen LogP contribution is -2.32. The minimum absolute atomic E-state index is 0.0491. The maximum absolute atomic E-state index is 12.8. The third kappa shape index (κ3) is 4.12. The number of aryl methyl sites for hydroxylation is 1. The Morgan fingerprint density at radius 3 is 2.90 bits per heavy atom. The zero-order valence-electron chi connectivity index (χ0n) is 16.1. The molecule has 0 spiro atoms. The van der Waals surface area contributed by atoms with Crippen molar-refractivity contribution < 1.29 is 4.79 Å². The van der Waals surface area contributed by atoms with E-state index in [1.807, 2.05) is 30.3 Å². The zero-order valence-corrected chi connectivity index (χ0v) is 17.0. The van der Waals surface area contributed by atoms with Gasteiger partial charge in [-0.2, -0.15) is 0 Å². The van der Waals surface area contributed by atoms with Crippen molar-refractivity contribution in [2.75, 3.05) is 5.75 Å². The van der Waals surface area contributed by atoms with Gasteiger partial charge < -0.3 is 5.32 Å². The fourth-order valence-corrected chi connectivity index (χ4v) is 4.64. The predicted octanol–water partition coefficient (Wildman–Crippen LogP) is 3.87. The Morgan fingerprint density at radius 1 is 1.24 bits per heavy atom. The van der Waals surface area contributed by atoms with Crippen molar-refractivity contribution in [3.63, 3.8) is 0 Å². The Bertz CT molecular complexity index is 1120. The third-order valence-corrected chi connectivity index (χ3v) is 6.15. The van der Waals surface area contributed by atoms with Gasteiger partial charge in [0.1, 0.15) is 0 Å². The number of hydrogen-bond donors (Lipinski definition) is 1. The zero-order chi connectivity index (χ0) is 20.2. The summed E-state index contributed by atoms with van der Waals surface area (Å²) in [4.78, 5) is 30.1. The molecule has 1 amide bonds. The van der Waals surface area contributed by atoms with Gasteiger partial charge in [-0.3, -0.25) is 14.2 Å². The second-order valence-corrected chi connectivity index (χ2v) is 8.06. The average molecular weight is 406 g/mol. The fraction of sp³-hybridized carbons (Fsp3) is 0.261. The van der Waals surface area contributed by atoms with Gasteiger partial charge in [-0.1, -0.05) is 54.2 Å². The molecule has 4 rings (SSSR count). The number of hydrogen-bond acceptors (Lipinski definition) is 4. The number of allylic oxidation sites excluding steroid dienone is 1. The second kappa shape index (κ2) is 8.66. The number of nitrogens with zero attached hydrogens (tertiary/aromatic N) is 2. The van der Waals surface area contributed by atoms with Crippen LogP contribution in [0.4, 0.5) is 0 Å². The van der Waals surface area contributed by atoms with Crippen LogP contribution in [0.15, 0.2) is 71.1 Å². The number of thioether (sulfide) groups is 1. The summed E-state index contributed by atoms with van der Waals surface area (Å²) in [7, 11) is 0. The first-order valence-electron chi connectivity index (χ1n) is 9.78. The first-order chi connectivity index (χ1) is 14.2. The summed E-state index contributed by atoms with van der Waals surface area (Å²) in [6, 6.07) is 15.6. The maximum Gasteiger partial charge on any atom is 0.262 e. The molecule has 2 aromatic carbocycles. The van der Waals surface area contributed by atoms with Gasteiger partial charge in [0, 0.05) is 6.54 Å². The molecule has 1 aliphatic carbocycles. The smallest absolute Gasteiger partial charge is 0.262 e. The van der Waals surface area contributed by atoms with Crippen LogP contribution < -0.4 is 10.9 Å². The SMILES string of the molecule is C=CCn1c(SCC(=O)NC2CCCc3ccccc32)nc2ccccc2c1=O. The van der Waals surface area contributed by atoms with Crippen LogP contribution in [-0.2, 0) is 17.8 Å². The minimum atomic E-state index is -0.111. The minimum Gasteiger partial charge on any atom is -0.349 e. The van der Waals surface area contributed by atoms with E-state index in [-0.39, 0.29) is 23.3 Å². The van der Waals surface area contributed by atoms with Crippen LogP contribution in [0.5, 0.6) is 0 Å². The van der Waals surface area contributed by atoms with Crippen LogP contribution in [0.2, 0.25) is 0 Å². The third-order valence-electron chi connectivity index (χ3n) is 5.18. The highest BCUT2D eigenvalue weighted by molar-refractivity contribution is 7.99. The predicted molar refractivity (Wildman–Crippen MR) is 117 cm³/mol. The van der Waals surface area contributed by atoms with E-state index in [2.05, 4.69) is 29.0 Å². The van der Waals surface area contributed by atoms with Crippen LogP contribution in [-0.4, -0.2) is 21.2 Å². The summed E-state index contributed by atoms with van der Waals surface area (Å²) in [6.45, 7) is 4.09. The van der Waals surface area contributed by atoms with Gasteiger partial charge >= 0.3 is 0 Å². The number of rotatable bonds is 6. The van der Waals surface area contributed by atoms with Gasteiger partial charge in [-0.05, 0) is 42.5 Å². The molecule has 0 fully saturated rings. The molecule has 1 aromatic heterocycles. The summed E-state index contributed by atoms with van der Waals surface area (Å²) in [6.07, 6.45) is 4.75. The highest BCUT2D eigenvalue weighted by Crippen LogP contribution is 2.29. The quantitative estimate of drug-likeness (QED) is 0.384. The maximum atomic E-state index is 12.8. The van der Waals surface area contributed by atoms with Gasteiger partial charge in [0.25, 0.3) is 5.56 Å². The first-order valence-corrected chi connectivity index (χ1v) is 10.8. The topological polar surface area (TPSA) is 64.0 Å². The number of aromatic nitrogens is 2. The molecule has 1 aliphatic rings. The molecule has 1 N–H and O–H groups in total. The number of carbonyl (C=O) groups is 1. The summed E-state index contributed by atoms with van der Waals surface area (Å²) in [5.74, 6) is 0.157. The van der Waals surface area contributed by atoms with E-state index >= 15 is 0 Å². The summed E-state index contributed by atoms with van der Waals surface area (Å²) in [5.41, 5.74) is 3.05. The van der Waals surface area contributed by atoms with Crippen molar-refractivity contribution in [2.45, 2.75) is 37.0 Å². The van der Waals surface area contributed by atoms with Gasteiger partial charge in [0.05, 0.1) is 22.7 Å². The molecular formula is C23H23N3O2S. The van der Waals surface area contributed by atoms with Crippen LogP contribution in [0.3, 0.4) is 0 Å². The van der Waals surface area contributed by atoms with Gasteiger partial charge in [-0.25, -0.2) is 4.98 Å². The first kappa shape index (κ1) is 19.5. The standard InChI is InChI=1S/C23H23N3O2S/c1-2-14-26-22(28)18-11-5-6-12-20(18)25-23(26)29-15-21(27)24-19-13-7-9-16-8-3-4-10-17(16)19/h2-6,8,10-12,19H,1,7,9,13-15H2,(H,24,27). The van der Waals surface area contributed by atoms with E-state index in [4.69, 9.17) is 0 Å². The van der Waals surface area contributed by atoms with Crippen molar-refractivity contribution in [2.24, 2.45) is 0 Å². The Hall–Kier alpha value is -2.86. The van der Waals surface area contributed by atoms with Crippen LogP contribution in [0, 0.1) is 0 Å². The van der Waals surface area contributed by atoms with Gasteiger partial charge in [0.2, 0.25) is 5.91 Å². The molecule has 0 saturated carbocycles. The molecular weight excluding hydrogens is 382 g/mol. The summed E-state index contributed by atoms with van der Waals surface area (Å²) in [5, 5.41) is 4.26. The highest BCUT2D eigenvalue weighted by Gasteiger charge is 2.21. The molecule has 5 nitrogen and oxygen atoms in total. The van der Waals surface area contributed by atoms with Crippen molar-refractivity contribution >= 4 is 28.6 Å². The Morgan fingerprint density at radius 2 is 2.03 bits per heavy atom. The normalized spacial score (nSPS) is 15.7. The highest BCUT2D eigenvalue weighted by atomic mass is 32.2. The van der Waals surface area contributed by atoms with Crippen molar-refractivity contribution in [3.8, 4) is 0 Å².